The molecule has 0 spiro atoms. The summed E-state index contributed by atoms with van der Waals surface area (Å²) in [5.74, 6) is 0.930. The molecular formula is C21H30N4O2. The predicted octanol–water partition coefficient (Wildman–Crippen LogP) is 3.06. The van der Waals surface area contributed by atoms with E-state index in [4.69, 9.17) is 4.74 Å². The summed E-state index contributed by atoms with van der Waals surface area (Å²) in [7, 11) is 0. The third kappa shape index (κ3) is 7.27. The van der Waals surface area contributed by atoms with Crippen LogP contribution in [-0.4, -0.2) is 43.7 Å². The first-order valence-corrected chi connectivity index (χ1v) is 9.58. The summed E-state index contributed by atoms with van der Waals surface area (Å²) in [4.78, 5) is 17.5. The number of carbonyl (C=O) groups excluding carboxylic acids is 1. The Labute approximate surface area is 161 Å². The van der Waals surface area contributed by atoms with Crippen LogP contribution in [0.2, 0.25) is 0 Å². The van der Waals surface area contributed by atoms with Crippen molar-refractivity contribution in [2.75, 3.05) is 42.9 Å². The maximum atomic E-state index is 10.8. The van der Waals surface area contributed by atoms with Crippen LogP contribution in [0.5, 0.6) is 0 Å². The van der Waals surface area contributed by atoms with Crippen LogP contribution in [0.25, 0.3) is 0 Å². The summed E-state index contributed by atoms with van der Waals surface area (Å²) < 4.78 is 4.94. The summed E-state index contributed by atoms with van der Waals surface area (Å²) in [5.41, 5.74) is 2.17. The van der Waals surface area contributed by atoms with Gasteiger partial charge in [-0.15, -0.1) is 0 Å². The molecule has 6 nitrogen and oxygen atoms in total. The average Bonchev–Trinajstić information content (AvgIpc) is 2.74. The number of ether oxygens (including phenoxy) is 1. The fourth-order valence-electron chi connectivity index (χ4n) is 2.69. The van der Waals surface area contributed by atoms with E-state index in [1.54, 1.807) is 6.92 Å². The molecule has 0 bridgehead atoms. The third-order valence-corrected chi connectivity index (χ3v) is 4.10. The molecule has 1 saturated heterocycles. The van der Waals surface area contributed by atoms with Crippen LogP contribution in [0.1, 0.15) is 25.8 Å². The van der Waals surface area contributed by atoms with Crippen molar-refractivity contribution in [1.29, 1.82) is 0 Å². The van der Waals surface area contributed by atoms with Gasteiger partial charge in [0.2, 0.25) is 0 Å². The summed E-state index contributed by atoms with van der Waals surface area (Å²) in [6, 6.07) is 13.7. The van der Waals surface area contributed by atoms with Gasteiger partial charge in [-0.3, -0.25) is 4.79 Å². The van der Waals surface area contributed by atoms with Crippen molar-refractivity contribution in [3.05, 3.63) is 54.2 Å². The lowest BCUT2D eigenvalue weighted by Crippen LogP contribution is -2.44. The lowest BCUT2D eigenvalue weighted by atomic mass is 10.2. The van der Waals surface area contributed by atoms with Crippen LogP contribution in [0.4, 0.5) is 11.5 Å². The Balaban J connectivity index is 0.000000199. The van der Waals surface area contributed by atoms with Crippen LogP contribution in [0.3, 0.4) is 0 Å². The van der Waals surface area contributed by atoms with E-state index in [1.165, 1.54) is 0 Å². The number of esters is 1. The fourth-order valence-corrected chi connectivity index (χ4v) is 2.69. The molecule has 0 saturated carbocycles. The molecule has 1 aromatic heterocycles. The second-order valence-electron chi connectivity index (χ2n) is 6.14. The van der Waals surface area contributed by atoms with E-state index in [1.807, 2.05) is 42.6 Å². The van der Waals surface area contributed by atoms with Gasteiger partial charge in [0, 0.05) is 45.3 Å². The van der Waals surface area contributed by atoms with Crippen molar-refractivity contribution < 1.29 is 9.53 Å². The van der Waals surface area contributed by atoms with Gasteiger partial charge in [0.15, 0.2) is 5.82 Å². The smallest absolute Gasteiger partial charge is 0.305 e. The van der Waals surface area contributed by atoms with E-state index >= 15 is 0 Å². The third-order valence-electron chi connectivity index (χ3n) is 4.10. The highest BCUT2D eigenvalue weighted by Gasteiger charge is 2.14. The summed E-state index contributed by atoms with van der Waals surface area (Å²) >= 11 is 0. The molecule has 0 amide bonds. The van der Waals surface area contributed by atoms with E-state index in [9.17, 15) is 4.79 Å². The lowest BCUT2D eigenvalue weighted by molar-refractivity contribution is -0.144. The maximum absolute atomic E-state index is 10.8. The minimum Gasteiger partial charge on any atom is -0.461 e. The quantitative estimate of drug-likeness (QED) is 0.762. The molecule has 1 aliphatic heterocycles. The highest BCUT2D eigenvalue weighted by molar-refractivity contribution is 5.68. The maximum Gasteiger partial charge on any atom is 0.305 e. The topological polar surface area (TPSA) is 66.5 Å². The SMILES string of the molecule is CCC(=O)OCc1ccccc1.CCNc1cccnc1N1CCNCC1. The number of carbonyl (C=O) groups is 1. The van der Waals surface area contributed by atoms with Crippen molar-refractivity contribution in [2.45, 2.75) is 26.9 Å². The number of piperazine rings is 1. The molecule has 27 heavy (non-hydrogen) atoms. The van der Waals surface area contributed by atoms with Gasteiger partial charge in [-0.05, 0) is 24.6 Å². The first-order valence-electron chi connectivity index (χ1n) is 9.58. The summed E-state index contributed by atoms with van der Waals surface area (Å²) in [6.45, 7) is 9.37. The van der Waals surface area contributed by atoms with E-state index in [2.05, 4.69) is 33.5 Å². The van der Waals surface area contributed by atoms with Crippen LogP contribution in [0.15, 0.2) is 48.7 Å². The Morgan fingerprint density at radius 1 is 1.15 bits per heavy atom. The summed E-state index contributed by atoms with van der Waals surface area (Å²) in [6.07, 6.45) is 2.30. The zero-order valence-corrected chi connectivity index (χ0v) is 16.3. The Morgan fingerprint density at radius 2 is 1.89 bits per heavy atom. The van der Waals surface area contributed by atoms with Gasteiger partial charge >= 0.3 is 5.97 Å². The standard InChI is InChI=1S/C11H18N4.C10H12O2/c1-2-13-10-4-3-5-14-11(10)15-8-6-12-7-9-15;1-2-10(11)12-8-9-6-4-3-5-7-9/h3-5,12-13H,2,6-9H2,1H3;3-7H,2,8H2,1H3. The van der Waals surface area contributed by atoms with Crippen molar-refractivity contribution in [3.63, 3.8) is 0 Å². The second kappa shape index (κ2) is 11.9. The number of hydrogen-bond acceptors (Lipinski definition) is 6. The molecular weight excluding hydrogens is 340 g/mol. The zero-order valence-electron chi connectivity index (χ0n) is 16.3. The van der Waals surface area contributed by atoms with E-state index in [0.29, 0.717) is 13.0 Å². The fraction of sp³-hybridized carbons (Fsp3) is 0.429. The molecule has 2 aromatic rings. The highest BCUT2D eigenvalue weighted by Crippen LogP contribution is 2.22. The number of anilines is 2. The van der Waals surface area contributed by atoms with Crippen LogP contribution < -0.4 is 15.5 Å². The number of pyridine rings is 1. The number of aromatic nitrogens is 1. The van der Waals surface area contributed by atoms with Gasteiger partial charge in [0.1, 0.15) is 6.61 Å². The monoisotopic (exact) mass is 370 g/mol. The largest absolute Gasteiger partial charge is 0.461 e. The number of hydrogen-bond donors (Lipinski definition) is 2. The number of rotatable bonds is 6. The van der Waals surface area contributed by atoms with E-state index < -0.39 is 0 Å². The van der Waals surface area contributed by atoms with Crippen molar-refractivity contribution in [3.8, 4) is 0 Å². The van der Waals surface area contributed by atoms with Gasteiger partial charge in [0.25, 0.3) is 0 Å². The first-order chi connectivity index (χ1) is 13.2. The normalized spacial score (nSPS) is 13.3. The van der Waals surface area contributed by atoms with Crippen molar-refractivity contribution in [2.24, 2.45) is 0 Å². The van der Waals surface area contributed by atoms with Gasteiger partial charge in [-0.1, -0.05) is 37.3 Å². The Morgan fingerprint density at radius 3 is 2.56 bits per heavy atom. The first kappa shape index (κ1) is 20.7. The zero-order chi connectivity index (χ0) is 19.3. The minimum absolute atomic E-state index is 0.154. The highest BCUT2D eigenvalue weighted by atomic mass is 16.5. The molecule has 0 radical (unpaired) electrons. The van der Waals surface area contributed by atoms with E-state index in [-0.39, 0.29) is 5.97 Å². The molecule has 2 heterocycles. The van der Waals surface area contributed by atoms with Crippen molar-refractivity contribution in [1.82, 2.24) is 10.3 Å². The Bertz CT molecular complexity index is 673. The molecule has 1 aliphatic rings. The van der Waals surface area contributed by atoms with Gasteiger partial charge in [-0.2, -0.15) is 0 Å². The average molecular weight is 370 g/mol. The molecule has 6 heteroatoms. The van der Waals surface area contributed by atoms with Crippen LogP contribution >= 0.6 is 0 Å². The molecule has 1 fully saturated rings. The molecule has 1 aromatic carbocycles. The second-order valence-corrected chi connectivity index (χ2v) is 6.14. The molecule has 2 N–H and O–H groups in total. The van der Waals surface area contributed by atoms with Gasteiger partial charge in [-0.25, -0.2) is 4.98 Å². The Hall–Kier alpha value is -2.60. The number of nitrogens with one attached hydrogen (secondary N) is 2. The number of benzene rings is 1. The molecule has 0 aliphatic carbocycles. The number of nitrogens with zero attached hydrogens (tertiary/aromatic N) is 2. The summed E-state index contributed by atoms with van der Waals surface area (Å²) in [5, 5.41) is 6.69. The predicted molar refractivity (Wildman–Crippen MR) is 110 cm³/mol. The molecule has 146 valence electrons. The van der Waals surface area contributed by atoms with Crippen LogP contribution in [0, 0.1) is 0 Å². The van der Waals surface area contributed by atoms with Gasteiger partial charge in [0.05, 0.1) is 5.69 Å². The molecule has 0 unspecified atom stereocenters. The van der Waals surface area contributed by atoms with Gasteiger partial charge < -0.3 is 20.3 Å². The minimum atomic E-state index is -0.154. The van der Waals surface area contributed by atoms with Crippen LogP contribution in [-0.2, 0) is 16.1 Å². The molecule has 0 atom stereocenters. The lowest BCUT2D eigenvalue weighted by Gasteiger charge is -2.29. The van der Waals surface area contributed by atoms with Crippen molar-refractivity contribution >= 4 is 17.5 Å². The van der Waals surface area contributed by atoms with E-state index in [0.717, 1.165) is 49.8 Å². The Kier molecular flexibility index (Phi) is 9.13. The molecule has 3 rings (SSSR count).